The Kier molecular flexibility index (Phi) is 16.9. The van der Waals surface area contributed by atoms with Gasteiger partial charge in [0.1, 0.15) is 0 Å². The topological polar surface area (TPSA) is 52.0 Å². The van der Waals surface area contributed by atoms with Crippen molar-refractivity contribution >= 4 is 8.40 Å². The van der Waals surface area contributed by atoms with Crippen LogP contribution in [0.15, 0.2) is 0 Å². The highest BCUT2D eigenvalue weighted by Gasteiger charge is 3.00. The third kappa shape index (κ3) is 9.31. The van der Waals surface area contributed by atoms with Gasteiger partial charge in [-0.2, -0.15) is 184 Å². The fraction of sp³-hybridized carbons (Fsp3) is 1.00. The Morgan fingerprint density at radius 2 is 0.324 bits per heavy atom. The van der Waals surface area contributed by atoms with Crippen molar-refractivity contribution in [3.8, 4) is 0 Å². The van der Waals surface area contributed by atoms with Gasteiger partial charge in [-0.3, -0.25) is 0 Å². The fourth-order valence-electron chi connectivity index (χ4n) is 4.90. The average Bonchev–Trinajstić information content (AvgIpc) is 3.12. The lowest BCUT2D eigenvalue weighted by atomic mass is 9.85. The summed E-state index contributed by atoms with van der Waals surface area (Å²) in [6.07, 6.45) is -28.3. The molecular formula is C26H16F42N2Si. The molecule has 0 aliphatic carbocycles. The predicted molar refractivity (Wildman–Crippen MR) is 143 cm³/mol. The minimum Gasteiger partial charge on any atom is -0.339 e. The van der Waals surface area contributed by atoms with Gasteiger partial charge in [0.15, 0.2) is 8.40 Å². The molecule has 0 aliphatic heterocycles. The molecule has 0 radical (unpaired) electrons. The summed E-state index contributed by atoms with van der Waals surface area (Å²) >= 11 is 0. The zero-order valence-corrected chi connectivity index (χ0v) is 32.8. The SMILES string of the molecule is N[Si](N)(CCCC(F)(F)C(F)(F)C(F)(F)C(F)(F)C(F)(F)C(F)(F)C(F)(F)C(F)(F)C(F)(F)C(F)(F)F)CCCC(F)(F)C(F)(F)C(F)(F)C(F)(F)C(F)(F)C(F)(F)C(F)(F)C(F)(F)C(F)(F)C(F)(F)F. The summed E-state index contributed by atoms with van der Waals surface area (Å²) in [5.74, 6) is -162. The zero-order valence-electron chi connectivity index (χ0n) is 31.8. The summed E-state index contributed by atoms with van der Waals surface area (Å²) in [6.45, 7) is 0. The number of rotatable bonds is 24. The summed E-state index contributed by atoms with van der Waals surface area (Å²) in [5, 5.41) is 10.0. The van der Waals surface area contributed by atoms with Crippen LogP contribution in [0.1, 0.15) is 25.7 Å². The Hall–Kier alpha value is -2.80. The first-order chi connectivity index (χ1) is 29.9. The monoisotopic (exact) mass is 1180 g/mol. The molecule has 0 spiro atoms. The summed E-state index contributed by atoms with van der Waals surface area (Å²) in [7, 11) is -5.29. The first-order valence-electron chi connectivity index (χ1n) is 16.4. The first kappa shape index (κ1) is 68.2. The smallest absolute Gasteiger partial charge is 0.339 e. The summed E-state index contributed by atoms with van der Waals surface area (Å²) in [6, 6.07) is -4.04. The van der Waals surface area contributed by atoms with Gasteiger partial charge >= 0.3 is 119 Å². The number of halogens is 42. The molecule has 428 valence electrons. The largest absolute Gasteiger partial charge is 0.460 e. The molecule has 0 aromatic rings. The molecule has 0 aliphatic rings. The minimum atomic E-state index is -9.56. The second kappa shape index (κ2) is 17.6. The number of hydrogen-bond donors (Lipinski definition) is 2. The highest BCUT2D eigenvalue weighted by Crippen LogP contribution is 2.69. The van der Waals surface area contributed by atoms with Crippen LogP contribution in [-0.2, 0) is 0 Å². The third-order valence-electron chi connectivity index (χ3n) is 9.42. The molecule has 45 heteroatoms. The molecular weight excluding hydrogens is 1170 g/mol. The van der Waals surface area contributed by atoms with Crippen LogP contribution >= 0.6 is 0 Å². The van der Waals surface area contributed by atoms with Crippen LogP contribution in [0.25, 0.3) is 0 Å². The van der Waals surface area contributed by atoms with E-state index in [1.54, 1.807) is 0 Å². The van der Waals surface area contributed by atoms with E-state index in [2.05, 4.69) is 0 Å². The van der Waals surface area contributed by atoms with Crippen molar-refractivity contribution in [1.29, 1.82) is 0 Å². The summed E-state index contributed by atoms with van der Waals surface area (Å²) < 4.78 is 568. The molecule has 0 heterocycles. The van der Waals surface area contributed by atoms with E-state index < -0.39 is 165 Å². The molecule has 0 atom stereocenters. The van der Waals surface area contributed by atoms with Crippen molar-refractivity contribution in [3.63, 3.8) is 0 Å². The van der Waals surface area contributed by atoms with E-state index in [0.717, 1.165) is 0 Å². The second-order valence-electron chi connectivity index (χ2n) is 14.5. The normalized spacial score (nSPS) is 17.1. The maximum Gasteiger partial charge on any atom is 0.460 e. The van der Waals surface area contributed by atoms with Crippen molar-refractivity contribution in [2.75, 3.05) is 0 Å². The van der Waals surface area contributed by atoms with Crippen molar-refractivity contribution < 1.29 is 184 Å². The molecule has 0 fully saturated rings. The van der Waals surface area contributed by atoms with Crippen LogP contribution in [0, 0.1) is 0 Å². The van der Waals surface area contributed by atoms with Gasteiger partial charge in [0, 0.05) is 12.8 Å². The van der Waals surface area contributed by atoms with Crippen LogP contribution in [0.2, 0.25) is 12.1 Å². The molecule has 2 nitrogen and oxygen atoms in total. The standard InChI is InChI=1S/C26H16F42N2Si/c27-7(28,9(31,32)11(35,36)13(39,40)15(43,44)17(47,48)19(51,52)21(55,56)23(59,60)25(63,64)65)3-1-5-71(69,70)6-2-4-8(29,30)10(33,34)12(37,38)14(41,42)16(45,46)18(49,50)20(53,54)22(57,58)24(61,62)26(66,67)68/h1-6,69-70H2. The van der Waals surface area contributed by atoms with E-state index in [1.165, 1.54) is 0 Å². The van der Waals surface area contributed by atoms with Gasteiger partial charge < -0.3 is 10.8 Å². The van der Waals surface area contributed by atoms with Gasteiger partial charge in [-0.1, -0.05) is 0 Å². The van der Waals surface area contributed by atoms with E-state index >= 15 is 0 Å². The van der Waals surface area contributed by atoms with Gasteiger partial charge in [0.25, 0.3) is 0 Å². The number of hydrogen-bond acceptors (Lipinski definition) is 2. The lowest BCUT2D eigenvalue weighted by Gasteiger charge is -2.44. The highest BCUT2D eigenvalue weighted by atomic mass is 28.3. The Labute approximate surface area is 361 Å². The zero-order chi connectivity index (χ0) is 58.7. The van der Waals surface area contributed by atoms with E-state index in [0.29, 0.717) is 0 Å². The van der Waals surface area contributed by atoms with Crippen LogP contribution < -0.4 is 10.8 Å². The van der Waals surface area contributed by atoms with Crippen LogP contribution in [-0.4, -0.2) is 127 Å². The van der Waals surface area contributed by atoms with Gasteiger partial charge in [0.05, 0.1) is 0 Å². The lowest BCUT2D eigenvalue weighted by molar-refractivity contribution is -0.474. The quantitative estimate of drug-likeness (QED) is 0.0747. The minimum absolute atomic E-state index is 2.02. The van der Waals surface area contributed by atoms with Crippen molar-refractivity contribution in [1.82, 2.24) is 0 Å². The van der Waals surface area contributed by atoms with Gasteiger partial charge in [-0.05, 0) is 24.9 Å². The maximum absolute atomic E-state index is 14.2. The van der Waals surface area contributed by atoms with E-state index in [1.807, 2.05) is 0 Å². The summed E-state index contributed by atoms with van der Waals surface area (Å²) in [5.41, 5.74) is 0. The molecule has 0 saturated carbocycles. The van der Waals surface area contributed by atoms with Crippen molar-refractivity contribution in [3.05, 3.63) is 0 Å². The van der Waals surface area contributed by atoms with Crippen molar-refractivity contribution in [2.24, 2.45) is 10.8 Å². The van der Waals surface area contributed by atoms with Gasteiger partial charge in [-0.15, -0.1) is 0 Å². The molecule has 0 saturated heterocycles. The highest BCUT2D eigenvalue weighted by molar-refractivity contribution is 6.73. The van der Waals surface area contributed by atoms with E-state index in [4.69, 9.17) is 10.8 Å². The third-order valence-corrected chi connectivity index (χ3v) is 12.0. The lowest BCUT2D eigenvalue weighted by Crippen LogP contribution is -2.76. The van der Waals surface area contributed by atoms with E-state index in [-0.39, 0.29) is 0 Å². The fourth-order valence-corrected chi connectivity index (χ4v) is 6.82. The number of nitrogens with two attached hydrogens (primary N) is 2. The van der Waals surface area contributed by atoms with Crippen molar-refractivity contribution in [2.45, 2.75) is 157 Å². The van der Waals surface area contributed by atoms with Crippen LogP contribution in [0.3, 0.4) is 0 Å². The Morgan fingerprint density at radius 1 is 0.197 bits per heavy atom. The molecule has 4 N–H and O–H groups in total. The van der Waals surface area contributed by atoms with Gasteiger partial charge in [-0.25, -0.2) is 0 Å². The Bertz CT molecular complexity index is 1720. The molecule has 0 amide bonds. The molecule has 0 rings (SSSR count). The molecule has 71 heavy (non-hydrogen) atoms. The summed E-state index contributed by atoms with van der Waals surface area (Å²) in [4.78, 5) is 0. The van der Waals surface area contributed by atoms with E-state index in [9.17, 15) is 184 Å². The first-order valence-corrected chi connectivity index (χ1v) is 19.0. The van der Waals surface area contributed by atoms with Gasteiger partial charge in [0.2, 0.25) is 0 Å². The molecule has 0 bridgehead atoms. The second-order valence-corrected chi connectivity index (χ2v) is 18.0. The Morgan fingerprint density at radius 3 is 0.465 bits per heavy atom. The maximum atomic E-state index is 14.2. The van der Waals surface area contributed by atoms with Crippen LogP contribution in [0.4, 0.5) is 184 Å². The molecule has 0 unspecified atom stereocenters. The molecule has 0 aromatic carbocycles. The molecule has 0 aromatic heterocycles. The number of alkyl halides is 42. The Balaban J connectivity index is 6.62. The predicted octanol–water partition coefficient (Wildman–Crippen LogP) is 14.5. The average molecular weight is 1180 g/mol. The van der Waals surface area contributed by atoms with Crippen LogP contribution in [0.5, 0.6) is 0 Å².